The van der Waals surface area contributed by atoms with E-state index in [0.717, 1.165) is 16.7 Å². The molecule has 0 atom stereocenters. The van der Waals surface area contributed by atoms with E-state index in [-0.39, 0.29) is 17.5 Å². The number of benzene rings is 3. The van der Waals surface area contributed by atoms with E-state index in [1.54, 1.807) is 30.3 Å². The first-order valence-electron chi connectivity index (χ1n) is 9.09. The standard InChI is InChI=1S/C24H22N2O2/c1-18-12-14-19(15-13-18)16-22(26-23(27)21-10-6-3-7-11-21)24(28)25-17-20-8-4-2-5-9-20/h2-16H,17H2,1H3,(H,25,28)(H,26,27). The first-order valence-corrected chi connectivity index (χ1v) is 9.09. The quantitative estimate of drug-likeness (QED) is 0.642. The molecule has 0 aliphatic rings. The van der Waals surface area contributed by atoms with Crippen LogP contribution in [0.2, 0.25) is 0 Å². The van der Waals surface area contributed by atoms with Crippen LogP contribution in [-0.4, -0.2) is 11.8 Å². The molecule has 0 unspecified atom stereocenters. The van der Waals surface area contributed by atoms with Gasteiger partial charge in [0.25, 0.3) is 11.8 Å². The number of aryl methyl sites for hydroxylation is 1. The predicted molar refractivity (Wildman–Crippen MR) is 111 cm³/mol. The maximum absolute atomic E-state index is 12.8. The van der Waals surface area contributed by atoms with Gasteiger partial charge in [-0.15, -0.1) is 0 Å². The van der Waals surface area contributed by atoms with Crippen molar-refractivity contribution in [3.63, 3.8) is 0 Å². The summed E-state index contributed by atoms with van der Waals surface area (Å²) < 4.78 is 0. The smallest absolute Gasteiger partial charge is 0.268 e. The number of carbonyl (C=O) groups excluding carboxylic acids is 2. The average Bonchev–Trinajstić information content (AvgIpc) is 2.74. The monoisotopic (exact) mass is 370 g/mol. The van der Waals surface area contributed by atoms with Gasteiger partial charge in [-0.3, -0.25) is 9.59 Å². The lowest BCUT2D eigenvalue weighted by Gasteiger charge is -2.11. The van der Waals surface area contributed by atoms with Crippen molar-refractivity contribution in [1.29, 1.82) is 0 Å². The zero-order chi connectivity index (χ0) is 19.8. The van der Waals surface area contributed by atoms with Gasteiger partial charge >= 0.3 is 0 Å². The van der Waals surface area contributed by atoms with Gasteiger partial charge < -0.3 is 10.6 Å². The minimum Gasteiger partial charge on any atom is -0.347 e. The zero-order valence-corrected chi connectivity index (χ0v) is 15.7. The molecule has 0 heterocycles. The molecule has 0 saturated carbocycles. The van der Waals surface area contributed by atoms with Gasteiger partial charge in [-0.05, 0) is 36.3 Å². The van der Waals surface area contributed by atoms with Crippen molar-refractivity contribution in [2.45, 2.75) is 13.5 Å². The molecule has 4 heteroatoms. The van der Waals surface area contributed by atoms with Crippen molar-refractivity contribution < 1.29 is 9.59 Å². The maximum atomic E-state index is 12.8. The summed E-state index contributed by atoms with van der Waals surface area (Å²) >= 11 is 0. The van der Waals surface area contributed by atoms with Crippen molar-refractivity contribution in [3.8, 4) is 0 Å². The van der Waals surface area contributed by atoms with E-state index in [4.69, 9.17) is 0 Å². The van der Waals surface area contributed by atoms with Crippen LogP contribution < -0.4 is 10.6 Å². The van der Waals surface area contributed by atoms with Crippen LogP contribution in [0.3, 0.4) is 0 Å². The molecule has 3 aromatic carbocycles. The second-order valence-corrected chi connectivity index (χ2v) is 6.46. The number of amides is 2. The summed E-state index contributed by atoms with van der Waals surface area (Å²) in [4.78, 5) is 25.3. The highest BCUT2D eigenvalue weighted by molar-refractivity contribution is 6.05. The molecule has 3 aromatic rings. The zero-order valence-electron chi connectivity index (χ0n) is 15.7. The van der Waals surface area contributed by atoms with Crippen LogP contribution in [0.15, 0.2) is 90.6 Å². The summed E-state index contributed by atoms with van der Waals surface area (Å²) in [5.74, 6) is -0.664. The molecule has 4 nitrogen and oxygen atoms in total. The minimum atomic E-state index is -0.339. The van der Waals surface area contributed by atoms with E-state index in [1.807, 2.05) is 67.6 Å². The molecule has 0 aromatic heterocycles. The molecule has 0 aliphatic heterocycles. The minimum absolute atomic E-state index is 0.202. The third kappa shape index (κ3) is 5.42. The molecule has 3 rings (SSSR count). The van der Waals surface area contributed by atoms with Crippen LogP contribution in [0, 0.1) is 6.92 Å². The molecule has 0 fully saturated rings. The first-order chi connectivity index (χ1) is 13.6. The highest BCUT2D eigenvalue weighted by Crippen LogP contribution is 2.09. The molecule has 140 valence electrons. The Morgan fingerprint density at radius 3 is 2.07 bits per heavy atom. The fraction of sp³-hybridized carbons (Fsp3) is 0.0833. The number of nitrogens with one attached hydrogen (secondary N) is 2. The second kappa shape index (κ2) is 9.33. The van der Waals surface area contributed by atoms with Crippen LogP contribution in [-0.2, 0) is 11.3 Å². The predicted octanol–water partition coefficient (Wildman–Crippen LogP) is 4.08. The molecule has 28 heavy (non-hydrogen) atoms. The number of hydrogen-bond acceptors (Lipinski definition) is 2. The van der Waals surface area contributed by atoms with Crippen LogP contribution >= 0.6 is 0 Å². The average molecular weight is 370 g/mol. The lowest BCUT2D eigenvalue weighted by Crippen LogP contribution is -2.34. The van der Waals surface area contributed by atoms with Crippen molar-refractivity contribution in [1.82, 2.24) is 10.6 Å². The molecule has 0 radical (unpaired) electrons. The number of rotatable bonds is 6. The van der Waals surface area contributed by atoms with E-state index in [2.05, 4.69) is 10.6 Å². The Bertz CT molecular complexity index is 963. The van der Waals surface area contributed by atoms with Crippen molar-refractivity contribution in [2.24, 2.45) is 0 Å². The van der Waals surface area contributed by atoms with Gasteiger partial charge in [-0.25, -0.2) is 0 Å². The molecule has 2 N–H and O–H groups in total. The Kier molecular flexibility index (Phi) is 6.37. The van der Waals surface area contributed by atoms with E-state index in [9.17, 15) is 9.59 Å². The van der Waals surface area contributed by atoms with Crippen LogP contribution in [0.1, 0.15) is 27.0 Å². The number of hydrogen-bond donors (Lipinski definition) is 2. The van der Waals surface area contributed by atoms with Crippen molar-refractivity contribution in [2.75, 3.05) is 0 Å². The summed E-state index contributed by atoms with van der Waals surface area (Å²) in [6, 6.07) is 26.2. The van der Waals surface area contributed by atoms with Crippen LogP contribution in [0.4, 0.5) is 0 Å². The third-order valence-corrected chi connectivity index (χ3v) is 4.21. The van der Waals surface area contributed by atoms with E-state index in [1.165, 1.54) is 0 Å². The Hall–Kier alpha value is -3.66. The van der Waals surface area contributed by atoms with Gasteiger partial charge in [0.15, 0.2) is 0 Å². The third-order valence-electron chi connectivity index (χ3n) is 4.21. The summed E-state index contributed by atoms with van der Waals surface area (Å²) in [6.45, 7) is 2.38. The van der Waals surface area contributed by atoms with Crippen LogP contribution in [0.5, 0.6) is 0 Å². The summed E-state index contributed by atoms with van der Waals surface area (Å²) in [5.41, 5.74) is 3.64. The fourth-order valence-corrected chi connectivity index (χ4v) is 2.65. The SMILES string of the molecule is Cc1ccc(C=C(NC(=O)c2ccccc2)C(=O)NCc2ccccc2)cc1. The molecular formula is C24H22N2O2. The van der Waals surface area contributed by atoms with Gasteiger partial charge in [0, 0.05) is 12.1 Å². The van der Waals surface area contributed by atoms with Crippen LogP contribution in [0.25, 0.3) is 6.08 Å². The fourth-order valence-electron chi connectivity index (χ4n) is 2.65. The lowest BCUT2D eigenvalue weighted by atomic mass is 10.1. The molecule has 0 aliphatic carbocycles. The Morgan fingerprint density at radius 2 is 1.43 bits per heavy atom. The molecular weight excluding hydrogens is 348 g/mol. The Labute approximate surface area is 164 Å². The summed E-state index contributed by atoms with van der Waals surface area (Å²) in [5, 5.41) is 5.61. The van der Waals surface area contributed by atoms with Gasteiger partial charge in [0.2, 0.25) is 0 Å². The molecule has 0 spiro atoms. The van der Waals surface area contributed by atoms with E-state index < -0.39 is 0 Å². The molecule has 2 amide bonds. The highest BCUT2D eigenvalue weighted by Gasteiger charge is 2.14. The summed E-state index contributed by atoms with van der Waals surface area (Å²) in [7, 11) is 0. The Balaban J connectivity index is 1.80. The largest absolute Gasteiger partial charge is 0.347 e. The first kappa shape index (κ1) is 19.1. The maximum Gasteiger partial charge on any atom is 0.268 e. The molecule has 0 saturated heterocycles. The van der Waals surface area contributed by atoms with Gasteiger partial charge in [0.1, 0.15) is 5.70 Å². The Morgan fingerprint density at radius 1 is 0.821 bits per heavy atom. The van der Waals surface area contributed by atoms with E-state index >= 15 is 0 Å². The highest BCUT2D eigenvalue weighted by atomic mass is 16.2. The van der Waals surface area contributed by atoms with Crippen molar-refractivity contribution in [3.05, 3.63) is 113 Å². The normalized spacial score (nSPS) is 11.0. The molecule has 0 bridgehead atoms. The lowest BCUT2D eigenvalue weighted by molar-refractivity contribution is -0.117. The van der Waals surface area contributed by atoms with Gasteiger partial charge in [0.05, 0.1) is 0 Å². The topological polar surface area (TPSA) is 58.2 Å². The summed E-state index contributed by atoms with van der Waals surface area (Å²) in [6.07, 6.45) is 1.68. The van der Waals surface area contributed by atoms with Gasteiger partial charge in [-0.1, -0.05) is 78.4 Å². The van der Waals surface area contributed by atoms with E-state index in [0.29, 0.717) is 12.1 Å². The van der Waals surface area contributed by atoms with Crippen molar-refractivity contribution >= 4 is 17.9 Å². The second-order valence-electron chi connectivity index (χ2n) is 6.46. The number of carbonyl (C=O) groups is 2. The van der Waals surface area contributed by atoms with Gasteiger partial charge in [-0.2, -0.15) is 0 Å².